The van der Waals surface area contributed by atoms with Crippen LogP contribution in [0.1, 0.15) is 39.5 Å². The standard InChI is InChI=1S/C9H18O3P2/c1-4-6-7-9(5-2)8-12-14(11-3)13-10/h3,9H,4-8H2,1-2H3. The monoisotopic (exact) mass is 236 g/mol. The molecule has 0 rings (SSSR count). The van der Waals surface area contributed by atoms with Crippen molar-refractivity contribution in [3.8, 4) is 0 Å². The summed E-state index contributed by atoms with van der Waals surface area (Å²) < 4.78 is 20.1. The zero-order valence-electron chi connectivity index (χ0n) is 8.81. The van der Waals surface area contributed by atoms with Crippen LogP contribution in [0.5, 0.6) is 0 Å². The molecule has 2 atom stereocenters. The average Bonchev–Trinajstić information content (AvgIpc) is 2.23. The third-order valence-electron chi connectivity index (χ3n) is 2.12. The highest BCUT2D eigenvalue weighted by molar-refractivity contribution is 8.11. The van der Waals surface area contributed by atoms with Crippen LogP contribution in [0.25, 0.3) is 0 Å². The summed E-state index contributed by atoms with van der Waals surface area (Å²) in [7, 11) is 3.34. The number of rotatable bonds is 9. The topological polar surface area (TPSA) is 35.5 Å². The Morgan fingerprint density at radius 1 is 1.50 bits per heavy atom. The molecule has 0 heterocycles. The molecule has 0 fully saturated rings. The zero-order valence-corrected chi connectivity index (χ0v) is 10.6. The van der Waals surface area contributed by atoms with E-state index in [0.717, 1.165) is 12.8 Å². The van der Waals surface area contributed by atoms with Crippen LogP contribution in [-0.2, 0) is 13.6 Å². The molecule has 5 heteroatoms. The summed E-state index contributed by atoms with van der Waals surface area (Å²) in [6.45, 7) is 4.89. The Labute approximate surface area is 89.6 Å². The quantitative estimate of drug-likeness (QED) is 0.556. The normalized spacial score (nSPS) is 15.6. The van der Waals surface area contributed by atoms with Crippen LogP contribution in [0.2, 0.25) is 0 Å². The van der Waals surface area contributed by atoms with Gasteiger partial charge in [-0.3, -0.25) is 4.57 Å². The molecular weight excluding hydrogens is 218 g/mol. The maximum absolute atomic E-state index is 10.4. The molecule has 0 amide bonds. The molecule has 14 heavy (non-hydrogen) atoms. The fourth-order valence-corrected chi connectivity index (χ4v) is 2.08. The molecule has 0 aromatic carbocycles. The Morgan fingerprint density at radius 3 is 2.64 bits per heavy atom. The molecule has 0 aliphatic carbocycles. The van der Waals surface area contributed by atoms with E-state index < -0.39 is 8.06 Å². The van der Waals surface area contributed by atoms with Crippen molar-refractivity contribution in [2.24, 2.45) is 5.92 Å². The van der Waals surface area contributed by atoms with Crippen molar-refractivity contribution >= 4 is 16.2 Å². The van der Waals surface area contributed by atoms with E-state index in [1.54, 1.807) is 0 Å². The van der Waals surface area contributed by atoms with Crippen LogP contribution in [-0.4, -0.2) is 6.61 Å². The Balaban J connectivity index is 3.64. The van der Waals surface area contributed by atoms with Crippen LogP contribution >= 0.6 is 16.2 Å². The van der Waals surface area contributed by atoms with E-state index in [0.29, 0.717) is 12.5 Å². The van der Waals surface area contributed by atoms with Gasteiger partial charge in [0.15, 0.2) is 0 Å². The first-order valence-electron chi connectivity index (χ1n) is 4.91. The lowest BCUT2D eigenvalue weighted by Crippen LogP contribution is -2.06. The first-order chi connectivity index (χ1) is 6.78. The maximum atomic E-state index is 10.4. The molecule has 0 saturated heterocycles. The van der Waals surface area contributed by atoms with Crippen LogP contribution in [0.4, 0.5) is 0 Å². The summed E-state index contributed by atoms with van der Waals surface area (Å²) in [5, 5.41) is 0. The Morgan fingerprint density at radius 2 is 2.21 bits per heavy atom. The van der Waals surface area contributed by atoms with Gasteiger partial charge in [-0.05, 0) is 12.3 Å². The fraction of sp³-hybridized carbons (Fsp3) is 0.889. The molecule has 0 aliphatic heterocycles. The van der Waals surface area contributed by atoms with Gasteiger partial charge in [0, 0.05) is 0 Å². The van der Waals surface area contributed by atoms with E-state index >= 15 is 0 Å². The van der Waals surface area contributed by atoms with Gasteiger partial charge in [-0.25, -0.2) is 0 Å². The van der Waals surface area contributed by atoms with Gasteiger partial charge in [0.1, 0.15) is 7.11 Å². The largest absolute Gasteiger partial charge is 0.325 e. The molecule has 3 nitrogen and oxygen atoms in total. The third-order valence-corrected chi connectivity index (χ3v) is 3.83. The molecule has 0 aromatic heterocycles. The van der Waals surface area contributed by atoms with E-state index in [1.807, 2.05) is 0 Å². The lowest BCUT2D eigenvalue weighted by molar-refractivity contribution is 0.234. The van der Waals surface area contributed by atoms with Crippen LogP contribution in [0.15, 0.2) is 0 Å². The summed E-state index contributed by atoms with van der Waals surface area (Å²) in [6.07, 6.45) is 4.62. The molecular formula is C9H18O3P2. The molecule has 0 saturated carbocycles. The lowest BCUT2D eigenvalue weighted by Gasteiger charge is -2.15. The van der Waals surface area contributed by atoms with Gasteiger partial charge >= 0.3 is 0 Å². The highest BCUT2D eigenvalue weighted by Gasteiger charge is 2.12. The molecule has 0 aromatic rings. The van der Waals surface area contributed by atoms with E-state index in [4.69, 9.17) is 11.6 Å². The Bertz CT molecular complexity index is 144. The summed E-state index contributed by atoms with van der Waals surface area (Å²) in [6, 6.07) is 0. The number of hydrogen-bond donors (Lipinski definition) is 0. The van der Waals surface area contributed by atoms with Gasteiger partial charge in [0.05, 0.1) is 6.61 Å². The van der Waals surface area contributed by atoms with Crippen LogP contribution in [0.3, 0.4) is 0 Å². The smallest absolute Gasteiger partial charge is 0.273 e. The highest BCUT2D eigenvalue weighted by Crippen LogP contribution is 2.50. The molecule has 0 aliphatic rings. The van der Waals surface area contributed by atoms with Crippen molar-refractivity contribution in [2.75, 3.05) is 6.61 Å². The molecule has 0 N–H and O–H groups in total. The Kier molecular flexibility index (Phi) is 10.3. The first kappa shape index (κ1) is 14.5. The van der Waals surface area contributed by atoms with Gasteiger partial charge < -0.3 is 9.05 Å². The minimum atomic E-state index is -1.42. The molecule has 82 valence electrons. The van der Waals surface area contributed by atoms with Gasteiger partial charge in [-0.2, -0.15) is 0 Å². The highest BCUT2D eigenvalue weighted by atomic mass is 32.1. The molecule has 2 unspecified atom stereocenters. The molecule has 0 bridgehead atoms. The minimum absolute atomic E-state index is 0.155. The van der Waals surface area contributed by atoms with Crippen molar-refractivity contribution in [1.82, 2.24) is 0 Å². The van der Waals surface area contributed by atoms with Crippen molar-refractivity contribution in [3.05, 3.63) is 7.11 Å². The number of unbranched alkanes of at least 4 members (excludes halogenated alkanes) is 1. The summed E-state index contributed by atoms with van der Waals surface area (Å²) in [5.41, 5.74) is 0. The fourth-order valence-electron chi connectivity index (χ4n) is 1.14. The van der Waals surface area contributed by atoms with Crippen molar-refractivity contribution < 1.29 is 13.6 Å². The average molecular weight is 236 g/mol. The van der Waals surface area contributed by atoms with Crippen molar-refractivity contribution in [2.45, 2.75) is 39.5 Å². The van der Waals surface area contributed by atoms with E-state index in [9.17, 15) is 4.57 Å². The summed E-state index contributed by atoms with van der Waals surface area (Å²) in [4.78, 5) is 0. The Hall–Kier alpha value is 0.450. The predicted molar refractivity (Wildman–Crippen MR) is 59.2 cm³/mol. The van der Waals surface area contributed by atoms with Crippen LogP contribution in [0, 0.1) is 13.0 Å². The lowest BCUT2D eigenvalue weighted by atomic mass is 10.0. The second-order valence-electron chi connectivity index (χ2n) is 3.14. The van der Waals surface area contributed by atoms with Crippen molar-refractivity contribution in [3.63, 3.8) is 0 Å². The van der Waals surface area contributed by atoms with Gasteiger partial charge in [-0.15, -0.1) is 0 Å². The second-order valence-corrected chi connectivity index (χ2v) is 5.71. The predicted octanol–water partition coefficient (Wildman–Crippen LogP) is 4.42. The second kappa shape index (κ2) is 9.98. The SMILES string of the molecule is [CH]OP(OCC(CC)CCCC)P=O. The number of hydrogen-bond acceptors (Lipinski definition) is 3. The van der Waals surface area contributed by atoms with E-state index in [-0.39, 0.29) is 8.15 Å². The first-order valence-corrected chi connectivity index (χ1v) is 7.61. The van der Waals surface area contributed by atoms with Crippen molar-refractivity contribution in [1.29, 1.82) is 0 Å². The van der Waals surface area contributed by atoms with Gasteiger partial charge in [0.25, 0.3) is 8.06 Å². The van der Waals surface area contributed by atoms with Crippen LogP contribution < -0.4 is 0 Å². The van der Waals surface area contributed by atoms with Gasteiger partial charge in [-0.1, -0.05) is 33.1 Å². The van der Waals surface area contributed by atoms with E-state index in [2.05, 4.69) is 18.4 Å². The van der Waals surface area contributed by atoms with Gasteiger partial charge in [0.2, 0.25) is 8.15 Å². The molecule has 0 spiro atoms. The zero-order chi connectivity index (χ0) is 10.8. The maximum Gasteiger partial charge on any atom is 0.273 e. The summed E-state index contributed by atoms with van der Waals surface area (Å²) in [5.74, 6) is 0.525. The minimum Gasteiger partial charge on any atom is -0.325 e. The summed E-state index contributed by atoms with van der Waals surface area (Å²) >= 11 is 0. The van der Waals surface area contributed by atoms with E-state index in [1.165, 1.54) is 12.8 Å². The third kappa shape index (κ3) is 6.84. The molecule has 2 radical (unpaired) electrons.